The van der Waals surface area contributed by atoms with Crippen LogP contribution in [0.1, 0.15) is 52.4 Å². The number of aliphatic hydroxyl groups is 1. The molecule has 1 N–H and O–H groups in total. The van der Waals surface area contributed by atoms with Crippen molar-refractivity contribution in [2.45, 2.75) is 68.6 Å². The second-order valence-corrected chi connectivity index (χ2v) is 6.30. The predicted octanol–water partition coefficient (Wildman–Crippen LogP) is 4.89. The molecule has 110 valence electrons. The first-order chi connectivity index (χ1) is 9.77. The van der Waals surface area contributed by atoms with Crippen molar-refractivity contribution in [2.24, 2.45) is 0 Å². The lowest BCUT2D eigenvalue weighted by Crippen LogP contribution is -2.22. The van der Waals surface area contributed by atoms with Crippen LogP contribution in [0.4, 0.5) is 0 Å². The van der Waals surface area contributed by atoms with Crippen molar-refractivity contribution in [1.82, 2.24) is 0 Å². The molecule has 0 saturated heterocycles. The summed E-state index contributed by atoms with van der Waals surface area (Å²) in [7, 11) is 0. The van der Waals surface area contributed by atoms with Crippen LogP contribution in [0.15, 0.2) is 35.2 Å². The van der Waals surface area contributed by atoms with Crippen LogP contribution in [0.3, 0.4) is 0 Å². The van der Waals surface area contributed by atoms with E-state index in [9.17, 15) is 5.11 Å². The van der Waals surface area contributed by atoms with Crippen LogP contribution >= 0.6 is 11.8 Å². The van der Waals surface area contributed by atoms with E-state index >= 15 is 0 Å². The zero-order valence-corrected chi connectivity index (χ0v) is 13.5. The molecule has 0 fully saturated rings. The highest BCUT2D eigenvalue weighted by Crippen LogP contribution is 2.28. The van der Waals surface area contributed by atoms with Crippen molar-refractivity contribution in [3.63, 3.8) is 0 Å². The number of thioether (sulfide) groups is 1. The van der Waals surface area contributed by atoms with Gasteiger partial charge in [-0.25, -0.2) is 0 Å². The lowest BCUT2D eigenvalue weighted by Gasteiger charge is -2.20. The van der Waals surface area contributed by atoms with Crippen molar-refractivity contribution in [2.75, 3.05) is 0 Å². The first-order valence-corrected chi connectivity index (χ1v) is 8.51. The Morgan fingerprint density at radius 3 is 2.50 bits per heavy atom. The van der Waals surface area contributed by atoms with E-state index in [-0.39, 0.29) is 11.4 Å². The topological polar surface area (TPSA) is 20.2 Å². The number of rotatable bonds is 8. The Hall–Kier alpha value is -0.910. The fourth-order valence-corrected chi connectivity index (χ4v) is 3.06. The molecule has 0 aliphatic rings. The number of hydrogen-bond acceptors (Lipinski definition) is 2. The van der Waals surface area contributed by atoms with Gasteiger partial charge in [-0.05, 0) is 25.0 Å². The van der Waals surface area contributed by atoms with Crippen molar-refractivity contribution < 1.29 is 5.11 Å². The van der Waals surface area contributed by atoms with Gasteiger partial charge in [-0.2, -0.15) is 0 Å². The SMILES string of the molecule is CCCCC#CC[C@@H](Sc1ccccc1)[C@H](O)CCC. The standard InChI is InChI=1S/C18H26OS/c1-3-5-6-7-11-15-18(17(19)12-4-2)20-16-13-9-8-10-14-16/h8-10,13-14,17-19H,3-6,12,15H2,1-2H3/t17-,18-/m1/s1. The molecular weight excluding hydrogens is 264 g/mol. The first-order valence-electron chi connectivity index (χ1n) is 7.63. The molecule has 0 amide bonds. The minimum absolute atomic E-state index is 0.173. The van der Waals surface area contributed by atoms with Crippen LogP contribution in [-0.2, 0) is 0 Å². The van der Waals surface area contributed by atoms with E-state index in [1.165, 1.54) is 17.7 Å². The normalized spacial score (nSPS) is 13.3. The maximum absolute atomic E-state index is 10.3. The highest BCUT2D eigenvalue weighted by molar-refractivity contribution is 8.00. The van der Waals surface area contributed by atoms with Crippen LogP contribution < -0.4 is 0 Å². The Bertz CT molecular complexity index is 404. The average Bonchev–Trinajstić information content (AvgIpc) is 2.47. The Balaban J connectivity index is 2.57. The molecule has 0 radical (unpaired) electrons. The monoisotopic (exact) mass is 290 g/mol. The molecule has 20 heavy (non-hydrogen) atoms. The van der Waals surface area contributed by atoms with Gasteiger partial charge >= 0.3 is 0 Å². The van der Waals surface area contributed by atoms with Gasteiger partial charge in [0.25, 0.3) is 0 Å². The molecular formula is C18H26OS. The summed E-state index contributed by atoms with van der Waals surface area (Å²) in [5.41, 5.74) is 0. The fraction of sp³-hybridized carbons (Fsp3) is 0.556. The summed E-state index contributed by atoms with van der Waals surface area (Å²) in [4.78, 5) is 1.21. The van der Waals surface area contributed by atoms with Gasteiger partial charge in [0.2, 0.25) is 0 Å². The van der Waals surface area contributed by atoms with Crippen molar-refractivity contribution in [3.05, 3.63) is 30.3 Å². The quantitative estimate of drug-likeness (QED) is 0.418. The van der Waals surface area contributed by atoms with Crippen LogP contribution in [0.5, 0.6) is 0 Å². The Morgan fingerprint density at radius 2 is 1.85 bits per heavy atom. The molecule has 0 heterocycles. The molecule has 1 aromatic carbocycles. The van der Waals surface area contributed by atoms with Crippen LogP contribution in [0.2, 0.25) is 0 Å². The van der Waals surface area contributed by atoms with Gasteiger partial charge in [0, 0.05) is 23.0 Å². The van der Waals surface area contributed by atoms with E-state index in [0.717, 1.165) is 25.7 Å². The summed E-state index contributed by atoms with van der Waals surface area (Å²) in [6.45, 7) is 4.29. The first kappa shape index (κ1) is 17.1. The number of aliphatic hydroxyl groups excluding tert-OH is 1. The molecule has 2 atom stereocenters. The van der Waals surface area contributed by atoms with Crippen molar-refractivity contribution in [3.8, 4) is 11.8 Å². The minimum Gasteiger partial charge on any atom is -0.392 e. The van der Waals surface area contributed by atoms with Gasteiger partial charge in [-0.1, -0.05) is 44.9 Å². The molecule has 1 nitrogen and oxygen atoms in total. The van der Waals surface area contributed by atoms with E-state index in [4.69, 9.17) is 0 Å². The minimum atomic E-state index is -0.273. The highest BCUT2D eigenvalue weighted by atomic mass is 32.2. The summed E-state index contributed by atoms with van der Waals surface area (Å²) >= 11 is 1.75. The van der Waals surface area contributed by atoms with Crippen LogP contribution in [0, 0.1) is 11.8 Å². The van der Waals surface area contributed by atoms with E-state index in [2.05, 4.69) is 37.8 Å². The zero-order valence-electron chi connectivity index (χ0n) is 12.6. The summed E-state index contributed by atoms with van der Waals surface area (Å²) in [5, 5.41) is 10.5. The van der Waals surface area contributed by atoms with Gasteiger partial charge in [0.05, 0.1) is 6.10 Å². The zero-order chi connectivity index (χ0) is 14.6. The lowest BCUT2D eigenvalue weighted by atomic mass is 10.1. The second-order valence-electron chi connectivity index (χ2n) is 4.99. The molecule has 2 heteroatoms. The van der Waals surface area contributed by atoms with Gasteiger partial charge in [-0.15, -0.1) is 23.6 Å². The molecule has 0 aliphatic carbocycles. The van der Waals surface area contributed by atoms with Gasteiger partial charge in [0.15, 0.2) is 0 Å². The Morgan fingerprint density at radius 1 is 1.10 bits per heavy atom. The third-order valence-corrected chi connectivity index (χ3v) is 4.46. The summed E-state index contributed by atoms with van der Waals surface area (Å²) in [6, 6.07) is 10.3. The molecule has 0 unspecified atom stereocenters. The van der Waals surface area contributed by atoms with Crippen LogP contribution in [0.25, 0.3) is 0 Å². The van der Waals surface area contributed by atoms with Gasteiger partial charge in [-0.3, -0.25) is 0 Å². The smallest absolute Gasteiger partial charge is 0.0671 e. The van der Waals surface area contributed by atoms with Gasteiger partial charge in [0.1, 0.15) is 0 Å². The molecule has 0 saturated carbocycles. The third-order valence-electron chi connectivity index (χ3n) is 3.13. The molecule has 0 bridgehead atoms. The fourth-order valence-electron chi connectivity index (χ4n) is 1.94. The molecule has 0 spiro atoms. The van der Waals surface area contributed by atoms with E-state index < -0.39 is 0 Å². The summed E-state index contributed by atoms with van der Waals surface area (Å²) in [6.07, 6.45) is 5.69. The maximum atomic E-state index is 10.3. The lowest BCUT2D eigenvalue weighted by molar-refractivity contribution is 0.161. The van der Waals surface area contributed by atoms with E-state index in [1.54, 1.807) is 11.8 Å². The van der Waals surface area contributed by atoms with Gasteiger partial charge < -0.3 is 5.11 Å². The van der Waals surface area contributed by atoms with E-state index in [1.807, 2.05) is 18.2 Å². The molecule has 1 rings (SSSR count). The number of hydrogen-bond donors (Lipinski definition) is 1. The molecule has 1 aromatic rings. The van der Waals surface area contributed by atoms with Crippen molar-refractivity contribution >= 4 is 11.8 Å². The Kier molecular flexibility index (Phi) is 9.28. The van der Waals surface area contributed by atoms with E-state index in [0.29, 0.717) is 0 Å². The maximum Gasteiger partial charge on any atom is 0.0671 e. The third kappa shape index (κ3) is 7.03. The summed E-state index contributed by atoms with van der Waals surface area (Å²) in [5.74, 6) is 6.47. The number of unbranched alkanes of at least 4 members (excludes halogenated alkanes) is 2. The Labute approximate surface area is 128 Å². The predicted molar refractivity (Wildman–Crippen MR) is 88.9 cm³/mol. The molecule has 0 aromatic heterocycles. The van der Waals surface area contributed by atoms with Crippen LogP contribution in [-0.4, -0.2) is 16.5 Å². The highest BCUT2D eigenvalue weighted by Gasteiger charge is 2.18. The molecule has 0 aliphatic heterocycles. The van der Waals surface area contributed by atoms with Crippen molar-refractivity contribution in [1.29, 1.82) is 0 Å². The average molecular weight is 290 g/mol. The number of benzene rings is 1. The summed E-state index contributed by atoms with van der Waals surface area (Å²) < 4.78 is 0. The second kappa shape index (κ2) is 10.8. The largest absolute Gasteiger partial charge is 0.392 e.